The van der Waals surface area contributed by atoms with Crippen molar-refractivity contribution in [3.8, 4) is 0 Å². The molecule has 3 N–H and O–H groups in total. The number of ether oxygens (including phenoxy) is 2. The Labute approximate surface area is 123 Å². The van der Waals surface area contributed by atoms with E-state index >= 15 is 0 Å². The maximum atomic E-state index is 12.2. The molecular weight excluding hydrogens is 303 g/mol. The fourth-order valence-electron chi connectivity index (χ4n) is 1.90. The number of aliphatic hydroxyl groups is 3. The summed E-state index contributed by atoms with van der Waals surface area (Å²) in [5.41, 5.74) is 0. The van der Waals surface area contributed by atoms with Crippen LogP contribution in [0.2, 0.25) is 0 Å². The predicted octanol–water partition coefficient (Wildman–Crippen LogP) is 0.220. The molecule has 0 bridgehead atoms. The highest BCUT2D eigenvalue weighted by molar-refractivity contribution is 7.57. The maximum Gasteiger partial charge on any atom is 0.353 e. The summed E-state index contributed by atoms with van der Waals surface area (Å²) in [6.45, 7) is 3.73. The summed E-state index contributed by atoms with van der Waals surface area (Å²) in [5, 5.41) is 29.2. The largest absolute Gasteiger partial charge is 0.387 e. The van der Waals surface area contributed by atoms with Gasteiger partial charge in [0.2, 0.25) is 0 Å². The van der Waals surface area contributed by atoms with Gasteiger partial charge in [-0.3, -0.25) is 4.57 Å². The highest BCUT2D eigenvalue weighted by Crippen LogP contribution is 2.49. The van der Waals surface area contributed by atoms with E-state index in [1.54, 1.807) is 13.8 Å². The van der Waals surface area contributed by atoms with Gasteiger partial charge in [0, 0.05) is 12.9 Å². The standard InChI is InChI=1S/C12H23O8P/c1-4-18-21(16,19-5-2)7-6-8-9(13)10(14)11(15)12(17-3)20-8/h6-15H,4-5H2,1-3H3/b7-6+/t8-,9-,10+,11-,12+/m1/s1. The van der Waals surface area contributed by atoms with Gasteiger partial charge in [0.25, 0.3) is 0 Å². The highest BCUT2D eigenvalue weighted by atomic mass is 31.2. The van der Waals surface area contributed by atoms with Crippen LogP contribution in [0.5, 0.6) is 0 Å². The predicted molar refractivity (Wildman–Crippen MR) is 73.7 cm³/mol. The summed E-state index contributed by atoms with van der Waals surface area (Å²) < 4.78 is 32.5. The number of hydrogen-bond acceptors (Lipinski definition) is 8. The molecule has 1 fully saturated rings. The molecule has 124 valence electrons. The molecule has 0 saturated carbocycles. The van der Waals surface area contributed by atoms with Crippen LogP contribution in [0.4, 0.5) is 0 Å². The second kappa shape index (κ2) is 8.36. The van der Waals surface area contributed by atoms with Gasteiger partial charge in [-0.1, -0.05) is 0 Å². The quantitative estimate of drug-likeness (QED) is 0.569. The van der Waals surface area contributed by atoms with Crippen molar-refractivity contribution in [2.75, 3.05) is 20.3 Å². The zero-order chi connectivity index (χ0) is 16.0. The SMILES string of the molecule is CCOP(=O)(/C=C/[C@H]1O[C@H](OC)[C@H](O)[C@@H](O)[C@@H]1O)OCC. The van der Waals surface area contributed by atoms with Crippen molar-refractivity contribution < 1.29 is 38.4 Å². The topological polar surface area (TPSA) is 115 Å². The molecule has 1 heterocycles. The molecule has 1 aliphatic heterocycles. The van der Waals surface area contributed by atoms with Crippen LogP contribution >= 0.6 is 7.60 Å². The van der Waals surface area contributed by atoms with Crippen molar-refractivity contribution in [1.29, 1.82) is 0 Å². The van der Waals surface area contributed by atoms with E-state index in [4.69, 9.17) is 18.5 Å². The molecule has 5 atom stereocenters. The number of rotatable bonds is 7. The number of methoxy groups -OCH3 is 1. The lowest BCUT2D eigenvalue weighted by Crippen LogP contribution is -2.57. The smallest absolute Gasteiger partial charge is 0.353 e. The highest BCUT2D eigenvalue weighted by Gasteiger charge is 2.43. The lowest BCUT2D eigenvalue weighted by molar-refractivity contribution is -0.279. The van der Waals surface area contributed by atoms with Gasteiger partial charge in [-0.2, -0.15) is 0 Å². The molecule has 9 heteroatoms. The van der Waals surface area contributed by atoms with E-state index in [9.17, 15) is 19.9 Å². The van der Waals surface area contributed by atoms with Crippen molar-refractivity contribution in [2.24, 2.45) is 0 Å². The Morgan fingerprint density at radius 3 is 2.14 bits per heavy atom. The van der Waals surface area contributed by atoms with Crippen LogP contribution in [-0.4, -0.2) is 66.3 Å². The minimum absolute atomic E-state index is 0.192. The van der Waals surface area contributed by atoms with Gasteiger partial charge in [0.1, 0.15) is 24.4 Å². The van der Waals surface area contributed by atoms with Crippen molar-refractivity contribution in [1.82, 2.24) is 0 Å². The Morgan fingerprint density at radius 1 is 1.10 bits per heavy atom. The van der Waals surface area contributed by atoms with Crippen molar-refractivity contribution in [2.45, 2.75) is 44.6 Å². The molecule has 8 nitrogen and oxygen atoms in total. The van der Waals surface area contributed by atoms with E-state index in [1.165, 1.54) is 19.0 Å². The third kappa shape index (κ3) is 4.84. The summed E-state index contributed by atoms with van der Waals surface area (Å²) >= 11 is 0. The first kappa shape index (κ1) is 18.7. The average molecular weight is 326 g/mol. The molecule has 0 amide bonds. The number of hydrogen-bond donors (Lipinski definition) is 3. The Bertz CT molecular complexity index is 375. The molecule has 1 rings (SSSR count). The first-order valence-corrected chi connectivity index (χ1v) is 8.30. The summed E-state index contributed by atoms with van der Waals surface area (Å²) in [6.07, 6.45) is -5.05. The minimum atomic E-state index is -3.43. The zero-order valence-corrected chi connectivity index (χ0v) is 13.2. The molecule has 0 spiro atoms. The third-order valence-electron chi connectivity index (χ3n) is 2.92. The summed E-state index contributed by atoms with van der Waals surface area (Å²) in [5.74, 6) is 1.17. The van der Waals surface area contributed by atoms with Crippen LogP contribution in [0, 0.1) is 0 Å². The van der Waals surface area contributed by atoms with E-state index in [1.807, 2.05) is 0 Å². The van der Waals surface area contributed by atoms with E-state index in [0.717, 1.165) is 0 Å². The van der Waals surface area contributed by atoms with Crippen LogP contribution in [0.25, 0.3) is 0 Å². The fourth-order valence-corrected chi connectivity index (χ4v) is 3.25. The van der Waals surface area contributed by atoms with Gasteiger partial charge in [-0.15, -0.1) is 0 Å². The minimum Gasteiger partial charge on any atom is -0.387 e. The van der Waals surface area contributed by atoms with Gasteiger partial charge in [-0.05, 0) is 19.9 Å². The van der Waals surface area contributed by atoms with Crippen molar-refractivity contribution in [3.63, 3.8) is 0 Å². The molecule has 0 aromatic carbocycles. The molecule has 0 aliphatic carbocycles. The Balaban J connectivity index is 2.83. The Kier molecular flexibility index (Phi) is 7.46. The average Bonchev–Trinajstić information content (AvgIpc) is 2.45. The van der Waals surface area contributed by atoms with Crippen LogP contribution < -0.4 is 0 Å². The molecule has 0 aromatic rings. The lowest BCUT2D eigenvalue weighted by Gasteiger charge is -2.38. The van der Waals surface area contributed by atoms with Gasteiger partial charge in [0.05, 0.1) is 13.2 Å². The van der Waals surface area contributed by atoms with E-state index in [2.05, 4.69) is 0 Å². The fraction of sp³-hybridized carbons (Fsp3) is 0.833. The second-order valence-corrected chi connectivity index (χ2v) is 6.29. The second-order valence-electron chi connectivity index (χ2n) is 4.39. The molecule has 0 unspecified atom stereocenters. The monoisotopic (exact) mass is 326 g/mol. The van der Waals surface area contributed by atoms with Gasteiger partial charge in [-0.25, -0.2) is 0 Å². The first-order chi connectivity index (χ1) is 9.88. The molecular formula is C12H23O8P. The molecule has 1 aliphatic rings. The van der Waals surface area contributed by atoms with E-state index in [-0.39, 0.29) is 13.2 Å². The summed E-state index contributed by atoms with van der Waals surface area (Å²) in [4.78, 5) is 0. The maximum absolute atomic E-state index is 12.2. The Hall–Kier alpha value is -0.310. The lowest BCUT2D eigenvalue weighted by atomic mass is 9.99. The normalized spacial score (nSPS) is 34.5. The number of aliphatic hydroxyl groups excluding tert-OH is 3. The molecule has 0 radical (unpaired) electrons. The van der Waals surface area contributed by atoms with Crippen LogP contribution in [0.15, 0.2) is 11.9 Å². The van der Waals surface area contributed by atoms with E-state index < -0.39 is 38.3 Å². The van der Waals surface area contributed by atoms with Gasteiger partial charge in [0.15, 0.2) is 6.29 Å². The molecule has 0 aromatic heterocycles. The van der Waals surface area contributed by atoms with Crippen molar-refractivity contribution in [3.05, 3.63) is 11.9 Å². The van der Waals surface area contributed by atoms with Gasteiger partial charge < -0.3 is 33.8 Å². The van der Waals surface area contributed by atoms with Crippen LogP contribution in [-0.2, 0) is 23.1 Å². The summed E-state index contributed by atoms with van der Waals surface area (Å²) in [6, 6.07) is 0. The van der Waals surface area contributed by atoms with Gasteiger partial charge >= 0.3 is 7.60 Å². The van der Waals surface area contributed by atoms with E-state index in [0.29, 0.717) is 0 Å². The third-order valence-corrected chi connectivity index (χ3v) is 4.69. The van der Waals surface area contributed by atoms with Crippen LogP contribution in [0.1, 0.15) is 13.8 Å². The molecule has 21 heavy (non-hydrogen) atoms. The molecule has 1 saturated heterocycles. The summed E-state index contributed by atoms with van der Waals surface area (Å²) in [7, 11) is -2.14. The Morgan fingerprint density at radius 2 is 1.67 bits per heavy atom. The zero-order valence-electron chi connectivity index (χ0n) is 12.3. The van der Waals surface area contributed by atoms with Crippen LogP contribution in [0.3, 0.4) is 0 Å². The first-order valence-electron chi connectivity index (χ1n) is 6.69. The van der Waals surface area contributed by atoms with Crippen molar-refractivity contribution >= 4 is 7.60 Å².